The van der Waals surface area contributed by atoms with Crippen molar-refractivity contribution >= 4 is 11.9 Å². The fourth-order valence-corrected chi connectivity index (χ4v) is 5.00. The molecular weight excluding hydrogens is 394 g/mol. The molecule has 1 amide bonds. The Morgan fingerprint density at radius 2 is 2.10 bits per heavy atom. The first-order valence-electron chi connectivity index (χ1n) is 11.2. The van der Waals surface area contributed by atoms with E-state index >= 15 is 0 Å². The van der Waals surface area contributed by atoms with E-state index in [0.717, 1.165) is 67.0 Å². The zero-order valence-corrected chi connectivity index (χ0v) is 18.4. The van der Waals surface area contributed by atoms with Crippen LogP contribution in [0.15, 0.2) is 18.2 Å². The maximum absolute atomic E-state index is 12.9. The molecule has 2 aliphatic heterocycles. The minimum Gasteiger partial charge on any atom is -0.478 e. The molecule has 166 valence electrons. The lowest BCUT2D eigenvalue weighted by Crippen LogP contribution is -2.40. The van der Waals surface area contributed by atoms with Crippen molar-refractivity contribution in [1.29, 1.82) is 0 Å². The Morgan fingerprint density at radius 3 is 2.81 bits per heavy atom. The number of rotatable bonds is 6. The van der Waals surface area contributed by atoms with Crippen LogP contribution in [0.1, 0.15) is 69.4 Å². The van der Waals surface area contributed by atoms with Gasteiger partial charge in [0, 0.05) is 26.3 Å². The number of amides is 1. The molecule has 4 rings (SSSR count). The number of nitrogens with one attached hydrogen (secondary N) is 1. The Morgan fingerprint density at radius 1 is 1.32 bits per heavy atom. The largest absolute Gasteiger partial charge is 0.478 e. The predicted octanol–water partition coefficient (Wildman–Crippen LogP) is 3.17. The molecule has 2 aromatic rings. The van der Waals surface area contributed by atoms with Crippen LogP contribution in [0.3, 0.4) is 0 Å². The van der Waals surface area contributed by atoms with Crippen LogP contribution in [0.2, 0.25) is 0 Å². The highest BCUT2D eigenvalue weighted by Crippen LogP contribution is 2.37. The van der Waals surface area contributed by atoms with Crippen molar-refractivity contribution in [3.05, 3.63) is 51.8 Å². The number of carboxylic acids is 1. The molecule has 7 nitrogen and oxygen atoms in total. The maximum atomic E-state index is 12.9. The first-order valence-corrected chi connectivity index (χ1v) is 11.2. The van der Waals surface area contributed by atoms with E-state index < -0.39 is 5.97 Å². The van der Waals surface area contributed by atoms with Crippen LogP contribution in [0.4, 0.5) is 0 Å². The molecule has 0 atom stereocenters. The fourth-order valence-electron chi connectivity index (χ4n) is 5.00. The van der Waals surface area contributed by atoms with Crippen LogP contribution in [0.5, 0.6) is 0 Å². The van der Waals surface area contributed by atoms with Crippen molar-refractivity contribution in [2.45, 2.75) is 58.9 Å². The number of fused-ring (bicyclic) bond motifs is 1. The minimum atomic E-state index is -0.891. The summed E-state index contributed by atoms with van der Waals surface area (Å²) in [7, 11) is 0. The van der Waals surface area contributed by atoms with E-state index in [1.807, 2.05) is 24.6 Å². The second-order valence-corrected chi connectivity index (χ2v) is 8.83. The van der Waals surface area contributed by atoms with Gasteiger partial charge in [-0.1, -0.05) is 19.1 Å². The predicted molar refractivity (Wildman–Crippen MR) is 117 cm³/mol. The van der Waals surface area contributed by atoms with Crippen molar-refractivity contribution in [2.75, 3.05) is 19.8 Å². The third-order valence-electron chi connectivity index (χ3n) is 6.85. The number of carbonyl (C=O) groups is 2. The molecule has 0 aliphatic carbocycles. The molecule has 1 aromatic carbocycles. The Labute approximate surface area is 182 Å². The second kappa shape index (κ2) is 8.83. The van der Waals surface area contributed by atoms with Gasteiger partial charge < -0.3 is 15.2 Å². The third kappa shape index (κ3) is 4.24. The van der Waals surface area contributed by atoms with Gasteiger partial charge in [0.1, 0.15) is 0 Å². The van der Waals surface area contributed by atoms with E-state index in [2.05, 4.69) is 5.32 Å². The van der Waals surface area contributed by atoms with Crippen LogP contribution >= 0.6 is 0 Å². The molecule has 1 saturated heterocycles. The standard InChI is InChI=1S/C24H31N3O4/c1-3-19-21-20(14-24(15-25-22(21)28)9-12-31-13-10-24)27(26-19)11-5-8-17-16(2)6-4-7-18(17)23(29)30/h4,6-7H,3,5,8-15H2,1-2H3,(H,25,28)(H,29,30). The summed E-state index contributed by atoms with van der Waals surface area (Å²) >= 11 is 0. The van der Waals surface area contributed by atoms with Gasteiger partial charge in [0.25, 0.3) is 5.91 Å². The van der Waals surface area contributed by atoms with Crippen molar-refractivity contribution < 1.29 is 19.4 Å². The number of benzene rings is 1. The van der Waals surface area contributed by atoms with Crippen LogP contribution < -0.4 is 5.32 Å². The van der Waals surface area contributed by atoms with Crippen LogP contribution in [-0.2, 0) is 30.5 Å². The highest BCUT2D eigenvalue weighted by Gasteiger charge is 2.39. The van der Waals surface area contributed by atoms with Crippen molar-refractivity contribution in [1.82, 2.24) is 15.1 Å². The average Bonchev–Trinajstić information content (AvgIpc) is 3.03. The zero-order valence-electron chi connectivity index (χ0n) is 18.4. The molecule has 0 radical (unpaired) electrons. The van der Waals surface area contributed by atoms with Gasteiger partial charge in [0.15, 0.2) is 0 Å². The van der Waals surface area contributed by atoms with E-state index in [1.54, 1.807) is 12.1 Å². The molecule has 7 heteroatoms. The first kappa shape index (κ1) is 21.6. The Balaban J connectivity index is 1.59. The van der Waals surface area contributed by atoms with E-state index in [-0.39, 0.29) is 11.3 Å². The summed E-state index contributed by atoms with van der Waals surface area (Å²) in [5.74, 6) is -0.911. The summed E-state index contributed by atoms with van der Waals surface area (Å²) in [5.41, 5.74) is 4.88. The van der Waals surface area contributed by atoms with E-state index in [4.69, 9.17) is 9.84 Å². The number of hydrogen-bond acceptors (Lipinski definition) is 4. The number of carbonyl (C=O) groups excluding carboxylic acids is 1. The number of ether oxygens (including phenoxy) is 1. The first-order chi connectivity index (χ1) is 14.9. The smallest absolute Gasteiger partial charge is 0.335 e. The molecule has 0 unspecified atom stereocenters. The van der Waals surface area contributed by atoms with E-state index in [1.165, 1.54) is 0 Å². The summed E-state index contributed by atoms with van der Waals surface area (Å²) in [5, 5.41) is 17.5. The molecule has 2 aliphatic rings. The van der Waals surface area contributed by atoms with E-state index in [0.29, 0.717) is 31.5 Å². The summed E-state index contributed by atoms with van der Waals surface area (Å²) in [6.45, 7) is 6.78. The van der Waals surface area contributed by atoms with Gasteiger partial charge in [0.05, 0.1) is 22.5 Å². The minimum absolute atomic E-state index is 0.0199. The molecule has 1 spiro atoms. The van der Waals surface area contributed by atoms with Crippen molar-refractivity contribution in [3.8, 4) is 0 Å². The summed E-state index contributed by atoms with van der Waals surface area (Å²) in [6, 6.07) is 5.41. The number of hydrogen-bond donors (Lipinski definition) is 2. The molecule has 3 heterocycles. The van der Waals surface area contributed by atoms with Gasteiger partial charge in [-0.3, -0.25) is 9.48 Å². The lowest BCUT2D eigenvalue weighted by molar-refractivity contribution is 0.0152. The molecule has 1 aromatic heterocycles. The Kier molecular flexibility index (Phi) is 6.14. The highest BCUT2D eigenvalue weighted by atomic mass is 16.5. The van der Waals surface area contributed by atoms with Crippen LogP contribution in [0.25, 0.3) is 0 Å². The maximum Gasteiger partial charge on any atom is 0.335 e. The molecule has 0 saturated carbocycles. The average molecular weight is 426 g/mol. The molecule has 1 fully saturated rings. The van der Waals surface area contributed by atoms with Gasteiger partial charge in [-0.25, -0.2) is 4.79 Å². The van der Waals surface area contributed by atoms with Gasteiger partial charge in [-0.15, -0.1) is 0 Å². The number of aromatic carboxylic acids is 1. The highest BCUT2D eigenvalue weighted by molar-refractivity contribution is 5.97. The SMILES string of the molecule is CCc1nn(CCCc2c(C)cccc2C(=O)O)c2c1C(=O)NCC1(CCOCC1)C2. The van der Waals surface area contributed by atoms with Crippen molar-refractivity contribution in [3.63, 3.8) is 0 Å². The topological polar surface area (TPSA) is 93.5 Å². The summed E-state index contributed by atoms with van der Waals surface area (Å²) < 4.78 is 7.59. The van der Waals surface area contributed by atoms with Gasteiger partial charge in [0.2, 0.25) is 0 Å². The van der Waals surface area contributed by atoms with Crippen LogP contribution in [0, 0.1) is 12.3 Å². The second-order valence-electron chi connectivity index (χ2n) is 8.83. The molecule has 31 heavy (non-hydrogen) atoms. The number of aromatic nitrogens is 2. The van der Waals surface area contributed by atoms with Gasteiger partial charge in [-0.05, 0) is 68.1 Å². The van der Waals surface area contributed by atoms with E-state index in [9.17, 15) is 14.7 Å². The van der Waals surface area contributed by atoms with Gasteiger partial charge >= 0.3 is 5.97 Å². The molecule has 0 bridgehead atoms. The monoisotopic (exact) mass is 425 g/mol. The normalized spacial score (nSPS) is 17.8. The van der Waals surface area contributed by atoms with Crippen molar-refractivity contribution in [2.24, 2.45) is 5.41 Å². The zero-order chi connectivity index (χ0) is 22.0. The van der Waals surface area contributed by atoms with Gasteiger partial charge in [-0.2, -0.15) is 5.10 Å². The third-order valence-corrected chi connectivity index (χ3v) is 6.85. The molecule has 2 N–H and O–H groups in total. The fraction of sp³-hybridized carbons (Fsp3) is 0.542. The summed E-state index contributed by atoms with van der Waals surface area (Å²) in [6.07, 6.45) is 4.83. The molecular formula is C24H31N3O4. The quantitative estimate of drug-likeness (QED) is 0.742. The van der Waals surface area contributed by atoms with Crippen LogP contribution in [-0.4, -0.2) is 46.5 Å². The number of carboxylic acid groups (broad SMARTS) is 1. The number of nitrogens with zero attached hydrogens (tertiary/aromatic N) is 2. The Hall–Kier alpha value is -2.67. The lowest BCUT2D eigenvalue weighted by Gasteiger charge is -2.36. The Bertz CT molecular complexity index is 989. The number of aryl methyl sites for hydroxylation is 3. The lowest BCUT2D eigenvalue weighted by atomic mass is 9.76. The summed E-state index contributed by atoms with van der Waals surface area (Å²) in [4.78, 5) is 24.5.